The first-order valence-corrected chi connectivity index (χ1v) is 11.1. The Labute approximate surface area is 217 Å². The van der Waals surface area contributed by atoms with E-state index in [1.54, 1.807) is 7.11 Å². The molecule has 0 aliphatic heterocycles. The second-order valence-corrected chi connectivity index (χ2v) is 10.3. The zero-order valence-electron chi connectivity index (χ0n) is 21.7. The van der Waals surface area contributed by atoms with E-state index in [1.165, 1.54) is 17.2 Å². The Balaban J connectivity index is 0.000000364. The molecular weight excluding hydrogens is 603 g/mol. The number of allylic oxidation sites excluding steroid dienone is 2. The van der Waals surface area contributed by atoms with Crippen LogP contribution in [0.2, 0.25) is 0 Å². The summed E-state index contributed by atoms with van der Waals surface area (Å²) in [5.41, 5.74) is 4.73. The van der Waals surface area contributed by atoms with Crippen LogP contribution < -0.4 is 4.74 Å². The number of aliphatic hydroxyl groups excluding tert-OH is 1. The zero-order valence-corrected chi connectivity index (χ0v) is 24.1. The quantitative estimate of drug-likeness (QED) is 0.184. The Morgan fingerprint density at radius 3 is 2.21 bits per heavy atom. The monoisotopic (exact) mass is 639 g/mol. The molecule has 0 atom stereocenters. The predicted octanol–water partition coefficient (Wildman–Crippen LogP) is 7.41. The maximum Gasteiger partial charge on any atom is 0.164 e. The summed E-state index contributed by atoms with van der Waals surface area (Å²) in [4.78, 5) is 16.2. The Morgan fingerprint density at radius 2 is 1.65 bits per heavy atom. The van der Waals surface area contributed by atoms with E-state index >= 15 is 0 Å². The summed E-state index contributed by atoms with van der Waals surface area (Å²) in [6.45, 7) is 15.3. The number of benzene rings is 2. The fraction of sp³-hybridized carbons (Fsp3) is 0.379. The van der Waals surface area contributed by atoms with Gasteiger partial charge in [-0.3, -0.25) is 9.78 Å². The van der Waals surface area contributed by atoms with Gasteiger partial charge in [0.2, 0.25) is 0 Å². The van der Waals surface area contributed by atoms with E-state index < -0.39 is 5.41 Å². The van der Waals surface area contributed by atoms with Crippen molar-refractivity contribution in [3.05, 3.63) is 71.5 Å². The van der Waals surface area contributed by atoms with E-state index in [4.69, 9.17) is 9.72 Å². The average molecular weight is 639 g/mol. The van der Waals surface area contributed by atoms with Crippen LogP contribution in [0.3, 0.4) is 0 Å². The molecule has 1 aromatic heterocycles. The maximum atomic E-state index is 11.5. The molecule has 185 valence electrons. The molecule has 1 radical (unpaired) electrons. The third-order valence-corrected chi connectivity index (χ3v) is 5.46. The largest absolute Gasteiger partial charge is 0.512 e. The molecule has 0 bridgehead atoms. The predicted molar refractivity (Wildman–Crippen MR) is 137 cm³/mol. The fourth-order valence-electron chi connectivity index (χ4n) is 2.87. The van der Waals surface area contributed by atoms with Crippen LogP contribution in [-0.2, 0) is 24.9 Å². The van der Waals surface area contributed by atoms with Crippen LogP contribution in [0.25, 0.3) is 22.2 Å². The Kier molecular flexibility index (Phi) is 10.2. The van der Waals surface area contributed by atoms with Gasteiger partial charge in [-0.1, -0.05) is 67.5 Å². The number of aromatic nitrogens is 1. The van der Waals surface area contributed by atoms with E-state index in [0.717, 1.165) is 27.9 Å². The number of carbonyl (C=O) groups is 1. The molecule has 0 aliphatic carbocycles. The SMILES string of the molecule is CC(C)(C)C(=O)/C=C(\O)C(C)(C)C.COc1ccc2nc(-c3[c-]ccc(C)c3C)ccc2c1.[Ir]. The van der Waals surface area contributed by atoms with Gasteiger partial charge in [-0.05, 0) is 23.9 Å². The Bertz CT molecular complexity index is 1170. The van der Waals surface area contributed by atoms with E-state index in [-0.39, 0.29) is 37.1 Å². The minimum absolute atomic E-state index is 0. The van der Waals surface area contributed by atoms with Crippen LogP contribution in [-0.4, -0.2) is 23.0 Å². The fourth-order valence-corrected chi connectivity index (χ4v) is 2.87. The van der Waals surface area contributed by atoms with Crippen LogP contribution in [0.1, 0.15) is 52.7 Å². The summed E-state index contributed by atoms with van der Waals surface area (Å²) in [5.74, 6) is 0.956. The third kappa shape index (κ3) is 7.78. The number of carbonyl (C=O) groups excluding carboxylic acids is 1. The molecule has 1 N–H and O–H groups in total. The van der Waals surface area contributed by atoms with Gasteiger partial charge in [0, 0.05) is 42.4 Å². The minimum atomic E-state index is -0.417. The molecule has 1 heterocycles. The van der Waals surface area contributed by atoms with Crippen molar-refractivity contribution in [3.8, 4) is 17.0 Å². The maximum absolute atomic E-state index is 11.5. The molecule has 0 fully saturated rings. The van der Waals surface area contributed by atoms with Crippen molar-refractivity contribution in [3.63, 3.8) is 0 Å². The Hall–Kier alpha value is -2.49. The number of ether oxygens (including phenoxy) is 1. The van der Waals surface area contributed by atoms with Crippen molar-refractivity contribution < 1.29 is 34.7 Å². The van der Waals surface area contributed by atoms with Crippen molar-refractivity contribution in [2.45, 2.75) is 55.4 Å². The van der Waals surface area contributed by atoms with Gasteiger partial charge in [-0.2, -0.15) is 0 Å². The normalized spacial score (nSPS) is 11.9. The first-order valence-electron chi connectivity index (χ1n) is 11.1. The number of ketones is 1. The zero-order chi connectivity index (χ0) is 25.0. The first kappa shape index (κ1) is 29.5. The second-order valence-electron chi connectivity index (χ2n) is 10.3. The van der Waals surface area contributed by atoms with Crippen LogP contribution in [0, 0.1) is 30.7 Å². The summed E-state index contributed by atoms with van der Waals surface area (Å²) < 4.78 is 5.24. The number of hydrogen-bond donors (Lipinski definition) is 1. The molecule has 0 aliphatic rings. The molecule has 4 nitrogen and oxygen atoms in total. The first-order chi connectivity index (χ1) is 15.2. The van der Waals surface area contributed by atoms with Crippen molar-refractivity contribution in [2.75, 3.05) is 7.11 Å². The van der Waals surface area contributed by atoms with E-state index in [0.29, 0.717) is 0 Å². The van der Waals surface area contributed by atoms with E-state index in [9.17, 15) is 9.90 Å². The van der Waals surface area contributed by atoms with Crippen molar-refractivity contribution in [2.24, 2.45) is 10.8 Å². The summed E-state index contributed by atoms with van der Waals surface area (Å²) in [6.07, 6.45) is 1.33. The molecule has 0 amide bonds. The molecule has 0 unspecified atom stereocenters. The van der Waals surface area contributed by atoms with Gasteiger partial charge in [0.15, 0.2) is 5.78 Å². The number of aliphatic hydroxyl groups is 1. The number of fused-ring (bicyclic) bond motifs is 1. The molecule has 0 saturated heterocycles. The van der Waals surface area contributed by atoms with Gasteiger partial charge in [0.1, 0.15) is 11.5 Å². The summed E-state index contributed by atoms with van der Waals surface area (Å²) >= 11 is 0. The average Bonchev–Trinajstić information content (AvgIpc) is 2.74. The molecule has 2 aromatic carbocycles. The third-order valence-electron chi connectivity index (χ3n) is 5.46. The topological polar surface area (TPSA) is 59.4 Å². The minimum Gasteiger partial charge on any atom is -0.512 e. The number of rotatable bonds is 3. The number of aryl methyl sites for hydroxylation is 1. The van der Waals surface area contributed by atoms with Gasteiger partial charge >= 0.3 is 0 Å². The number of nitrogens with zero attached hydrogens (tertiary/aromatic N) is 1. The van der Waals surface area contributed by atoms with Crippen LogP contribution in [0.4, 0.5) is 0 Å². The van der Waals surface area contributed by atoms with Crippen molar-refractivity contribution in [1.82, 2.24) is 4.98 Å². The summed E-state index contributed by atoms with van der Waals surface area (Å²) in [7, 11) is 1.67. The van der Waals surface area contributed by atoms with Crippen LogP contribution in [0.5, 0.6) is 5.75 Å². The Morgan fingerprint density at radius 1 is 1.00 bits per heavy atom. The van der Waals surface area contributed by atoms with Gasteiger partial charge in [0.25, 0.3) is 0 Å². The molecule has 0 saturated carbocycles. The number of pyridine rings is 1. The molecule has 3 aromatic rings. The van der Waals surface area contributed by atoms with E-state index in [1.807, 2.05) is 71.9 Å². The number of methoxy groups -OCH3 is 1. The number of hydrogen-bond acceptors (Lipinski definition) is 4. The van der Waals surface area contributed by atoms with Gasteiger partial charge in [-0.25, -0.2) is 0 Å². The molecule has 3 rings (SSSR count). The van der Waals surface area contributed by atoms with Crippen LogP contribution >= 0.6 is 0 Å². The standard InChI is InChI=1S/C18H16NO.C11H20O2.Ir/c1-12-5-4-6-16(13(12)2)18-9-7-14-11-15(20-3)8-10-17(14)19-18;1-10(2,3)8(12)7-9(13)11(4,5)6;/h4-5,7-11H,1-3H3;7,12H,1-6H3;/q-1;;/b;8-7-;. The molecule has 0 spiro atoms. The van der Waals surface area contributed by atoms with Crippen LogP contribution in [0.15, 0.2) is 54.3 Å². The smallest absolute Gasteiger partial charge is 0.164 e. The van der Waals surface area contributed by atoms with Crippen molar-refractivity contribution >= 4 is 16.7 Å². The molecule has 5 heteroatoms. The summed E-state index contributed by atoms with van der Waals surface area (Å²) in [6, 6.07) is 17.4. The molecular formula is C29H36IrNO3-. The molecule has 34 heavy (non-hydrogen) atoms. The van der Waals surface area contributed by atoms with Gasteiger partial charge in [0.05, 0.1) is 12.6 Å². The van der Waals surface area contributed by atoms with Gasteiger partial charge < -0.3 is 9.84 Å². The van der Waals surface area contributed by atoms with E-state index in [2.05, 4.69) is 32.0 Å². The summed E-state index contributed by atoms with van der Waals surface area (Å²) in [5, 5.41) is 10.6. The van der Waals surface area contributed by atoms with Crippen molar-refractivity contribution in [1.29, 1.82) is 0 Å². The van der Waals surface area contributed by atoms with Gasteiger partial charge in [-0.15, -0.1) is 34.9 Å². The second kappa shape index (κ2) is 11.8.